The number of ether oxygens (including phenoxy) is 2. The van der Waals surface area contributed by atoms with Gasteiger partial charge in [0, 0.05) is 6.54 Å². The van der Waals surface area contributed by atoms with Gasteiger partial charge in [-0.3, -0.25) is 4.79 Å². The van der Waals surface area contributed by atoms with Crippen molar-refractivity contribution < 1.29 is 65.3 Å². The minimum atomic E-state index is -1.98. The Kier molecular flexibility index (Phi) is 10.3. The molecule has 15 heteroatoms. The van der Waals surface area contributed by atoms with Gasteiger partial charge < -0.3 is 66.3 Å². The van der Waals surface area contributed by atoms with Gasteiger partial charge in [0.1, 0.15) is 67.3 Å². The first kappa shape index (κ1) is 28.2. The molecule has 0 aromatic rings. The van der Waals surface area contributed by atoms with Gasteiger partial charge in [0.2, 0.25) is 0 Å². The van der Waals surface area contributed by atoms with E-state index in [9.17, 15) is 55.9 Å². The molecular weight excluding hydrogens is 452 g/mol. The molecule has 2 saturated heterocycles. The summed E-state index contributed by atoms with van der Waals surface area (Å²) in [6.07, 6.45) is -19.4. The van der Waals surface area contributed by atoms with E-state index < -0.39 is 92.6 Å². The molecule has 0 amide bonds. The largest absolute Gasteiger partial charge is 0.480 e. The summed E-state index contributed by atoms with van der Waals surface area (Å²) in [5.41, 5.74) is 5.36. The van der Waals surface area contributed by atoms with E-state index in [0.717, 1.165) is 4.90 Å². The number of aliphatic carboxylic acids is 1. The number of carboxylic acid groups (broad SMARTS) is 1. The summed E-state index contributed by atoms with van der Waals surface area (Å²) in [7, 11) is 0. The molecule has 0 spiro atoms. The molecule has 12 atom stereocenters. The molecule has 2 heterocycles. The lowest BCUT2D eigenvalue weighted by molar-refractivity contribution is -0.329. The highest BCUT2D eigenvalue weighted by molar-refractivity contribution is 5.73. The van der Waals surface area contributed by atoms with Gasteiger partial charge in [-0.25, -0.2) is 4.90 Å². The molecule has 15 nitrogen and oxygen atoms in total. The molecule has 2 fully saturated rings. The molecule has 0 radical (unpaired) electrons. The third-order valence-corrected chi connectivity index (χ3v) is 6.01. The number of carbonyl (C=O) groups is 1. The van der Waals surface area contributed by atoms with Gasteiger partial charge in [-0.1, -0.05) is 0 Å². The molecule has 2 aliphatic heterocycles. The van der Waals surface area contributed by atoms with Gasteiger partial charge in [-0.05, 0) is 12.8 Å². The molecule has 194 valence electrons. The Balaban J connectivity index is 2.51. The first-order chi connectivity index (χ1) is 15.5. The zero-order chi connectivity index (χ0) is 25.0. The molecule has 0 aromatic heterocycles. The van der Waals surface area contributed by atoms with Crippen LogP contribution in [0.2, 0.25) is 0 Å². The second-order valence-corrected chi connectivity index (χ2v) is 8.21. The molecule has 2 rings (SSSR count). The molecular formula is C18H34N2O13. The smallest absolute Gasteiger partial charge is 0.321 e. The fraction of sp³-hybridized carbons (Fsp3) is 0.944. The van der Waals surface area contributed by atoms with E-state index in [1.807, 2.05) is 0 Å². The molecule has 33 heavy (non-hydrogen) atoms. The van der Waals surface area contributed by atoms with Crippen molar-refractivity contribution in [2.24, 2.45) is 5.73 Å². The van der Waals surface area contributed by atoms with Crippen LogP contribution in [0.1, 0.15) is 12.8 Å². The van der Waals surface area contributed by atoms with Crippen LogP contribution in [-0.2, 0) is 14.3 Å². The minimum Gasteiger partial charge on any atom is -0.480 e. The molecule has 0 bridgehead atoms. The maximum Gasteiger partial charge on any atom is 0.321 e. The Morgan fingerprint density at radius 2 is 1.21 bits per heavy atom. The van der Waals surface area contributed by atoms with Crippen LogP contribution in [-0.4, -0.2) is 155 Å². The molecule has 0 aromatic carbocycles. The van der Waals surface area contributed by atoms with Crippen molar-refractivity contribution in [2.45, 2.75) is 86.3 Å². The van der Waals surface area contributed by atoms with Crippen LogP contribution in [0.5, 0.6) is 0 Å². The zero-order valence-corrected chi connectivity index (χ0v) is 17.7. The summed E-state index contributed by atoms with van der Waals surface area (Å²) >= 11 is 0. The van der Waals surface area contributed by atoms with Crippen molar-refractivity contribution in [1.82, 2.24) is 4.90 Å². The summed E-state index contributed by atoms with van der Waals surface area (Å²) in [5.74, 6) is -1.53. The molecule has 2 aliphatic rings. The van der Waals surface area contributed by atoms with Crippen LogP contribution >= 0.6 is 0 Å². The molecule has 12 N–H and O–H groups in total. The van der Waals surface area contributed by atoms with Crippen LogP contribution in [0.4, 0.5) is 0 Å². The van der Waals surface area contributed by atoms with Crippen molar-refractivity contribution in [2.75, 3.05) is 19.8 Å². The highest BCUT2D eigenvalue weighted by Crippen LogP contribution is 2.33. The van der Waals surface area contributed by atoms with Gasteiger partial charge in [0.05, 0.1) is 19.3 Å². The highest BCUT2D eigenvalue weighted by atomic mass is 16.6. The van der Waals surface area contributed by atoms with E-state index in [1.54, 1.807) is 0 Å². The van der Waals surface area contributed by atoms with E-state index in [2.05, 4.69) is 0 Å². The first-order valence-electron chi connectivity index (χ1n) is 10.5. The number of carboxylic acids is 1. The van der Waals surface area contributed by atoms with Crippen molar-refractivity contribution in [3.05, 3.63) is 0 Å². The molecule has 2 unspecified atom stereocenters. The van der Waals surface area contributed by atoms with E-state index in [-0.39, 0.29) is 19.4 Å². The number of nitrogens with two attached hydrogens (primary N) is 1. The Morgan fingerprint density at radius 1 is 0.788 bits per heavy atom. The number of rotatable bonds is 10. The van der Waals surface area contributed by atoms with Gasteiger partial charge >= 0.3 is 5.97 Å². The SMILES string of the molecule is NC[C@H](O)CC[C@@H](C(=O)O)N(C1O[C@H](CO)[C@H](O)[C@H](O)[C@H]1O)C1O[C@H](CO)[C@@H](O)[C@H](O)[C@H]1O. The van der Waals surface area contributed by atoms with Crippen LogP contribution < -0.4 is 5.73 Å². The third-order valence-electron chi connectivity index (χ3n) is 6.01. The summed E-state index contributed by atoms with van der Waals surface area (Å²) < 4.78 is 10.9. The van der Waals surface area contributed by atoms with Crippen LogP contribution in [0.15, 0.2) is 0 Å². The lowest BCUT2D eigenvalue weighted by atomic mass is 9.93. The minimum absolute atomic E-state index is 0.154. The number of nitrogens with zero attached hydrogens (tertiary/aromatic N) is 1. The van der Waals surface area contributed by atoms with Crippen LogP contribution in [0, 0.1) is 0 Å². The summed E-state index contributed by atoms with van der Waals surface area (Å²) in [4.78, 5) is 12.9. The Labute approximate surface area is 188 Å². The number of aliphatic hydroxyl groups is 9. The Hall–Kier alpha value is -1.05. The second kappa shape index (κ2) is 12.1. The van der Waals surface area contributed by atoms with Crippen molar-refractivity contribution in [1.29, 1.82) is 0 Å². The van der Waals surface area contributed by atoms with E-state index in [4.69, 9.17) is 15.2 Å². The van der Waals surface area contributed by atoms with Gasteiger partial charge in [-0.15, -0.1) is 0 Å². The Bertz CT molecular complexity index is 590. The number of hydrogen-bond acceptors (Lipinski definition) is 14. The first-order valence-corrected chi connectivity index (χ1v) is 10.5. The van der Waals surface area contributed by atoms with Gasteiger partial charge in [-0.2, -0.15) is 0 Å². The second-order valence-electron chi connectivity index (χ2n) is 8.21. The maximum absolute atomic E-state index is 12.2. The predicted octanol–water partition coefficient (Wildman–Crippen LogP) is -6.56. The average Bonchev–Trinajstić information content (AvgIpc) is 2.79. The fourth-order valence-electron chi connectivity index (χ4n) is 4.02. The van der Waals surface area contributed by atoms with Crippen LogP contribution in [0.3, 0.4) is 0 Å². The predicted molar refractivity (Wildman–Crippen MR) is 105 cm³/mol. The summed E-state index contributed by atoms with van der Waals surface area (Å²) in [5, 5.41) is 100. The lowest BCUT2D eigenvalue weighted by Gasteiger charge is -2.52. The van der Waals surface area contributed by atoms with Gasteiger partial charge in [0.25, 0.3) is 0 Å². The normalized spacial score (nSPS) is 41.7. The average molecular weight is 486 g/mol. The highest BCUT2D eigenvalue weighted by Gasteiger charge is 2.55. The van der Waals surface area contributed by atoms with Crippen LogP contribution in [0.25, 0.3) is 0 Å². The number of aliphatic hydroxyl groups excluding tert-OH is 9. The maximum atomic E-state index is 12.2. The standard InChI is InChI=1S/C18H34N2O13/c19-3-6(23)1-2-7(18(30)31)20(16-14(28)12(26)10(24)8(4-21)32-16)17-15(29)13(27)11(25)9(5-22)33-17/h6-17,21-29H,1-5,19H2,(H,30,31)/t6-,7+,8-,9-,10-,11+,12+,13+,14-,15-,16?,17?/m1/s1. The Morgan fingerprint density at radius 3 is 1.55 bits per heavy atom. The number of hydrogen-bond donors (Lipinski definition) is 11. The third kappa shape index (κ3) is 5.96. The van der Waals surface area contributed by atoms with E-state index >= 15 is 0 Å². The monoisotopic (exact) mass is 486 g/mol. The van der Waals surface area contributed by atoms with Crippen molar-refractivity contribution >= 4 is 5.97 Å². The molecule has 0 aliphatic carbocycles. The fourth-order valence-corrected chi connectivity index (χ4v) is 4.02. The lowest BCUT2D eigenvalue weighted by Crippen LogP contribution is -2.72. The van der Waals surface area contributed by atoms with Crippen molar-refractivity contribution in [3.8, 4) is 0 Å². The zero-order valence-electron chi connectivity index (χ0n) is 17.7. The summed E-state index contributed by atoms with van der Waals surface area (Å²) in [6.45, 7) is -1.84. The quantitative estimate of drug-likeness (QED) is 0.137. The topological polar surface area (TPSA) is 267 Å². The van der Waals surface area contributed by atoms with Gasteiger partial charge in [0.15, 0.2) is 0 Å². The van der Waals surface area contributed by atoms with E-state index in [0.29, 0.717) is 0 Å². The van der Waals surface area contributed by atoms with E-state index in [1.165, 1.54) is 0 Å². The summed E-state index contributed by atoms with van der Waals surface area (Å²) in [6, 6.07) is -1.69. The van der Waals surface area contributed by atoms with Crippen molar-refractivity contribution in [3.63, 3.8) is 0 Å². The molecule has 0 saturated carbocycles.